The van der Waals surface area contributed by atoms with Crippen molar-refractivity contribution in [3.63, 3.8) is 0 Å². The van der Waals surface area contributed by atoms with Crippen LogP contribution in [0.2, 0.25) is 0 Å². The van der Waals surface area contributed by atoms with Crippen LogP contribution in [0.3, 0.4) is 0 Å². The number of nitrogens with zero attached hydrogens (tertiary/aromatic N) is 1. The van der Waals surface area contributed by atoms with Crippen LogP contribution in [-0.2, 0) is 28.4 Å². The lowest BCUT2D eigenvalue weighted by atomic mass is 9.95. The molecule has 1 aromatic heterocycles. The standard InChI is InChI=1S/C20H27N3O8S/c1-9(2)29-19(25)27-8-28-20-26-5-4-13-15(31-20)10(3)16(30-13)14-6-12-11(7-32-14)17(24)23-18(21)22-12/h6-7,9-10,13-16,20H,4-5,8H2,1-3H3,(H3,21,22,23,24). The van der Waals surface area contributed by atoms with Gasteiger partial charge in [-0.15, -0.1) is 11.8 Å². The number of ether oxygens (including phenoxy) is 6. The van der Waals surface area contributed by atoms with Crippen molar-refractivity contribution >= 4 is 35.3 Å². The number of nitrogens with two attached hydrogens (primary N) is 1. The smallest absolute Gasteiger partial charge is 0.432 e. The Morgan fingerprint density at radius 2 is 2.19 bits per heavy atom. The third-order valence-corrected chi connectivity index (χ3v) is 6.45. The van der Waals surface area contributed by atoms with E-state index in [1.165, 1.54) is 11.8 Å². The van der Waals surface area contributed by atoms with E-state index in [4.69, 9.17) is 34.2 Å². The van der Waals surface area contributed by atoms with Crippen LogP contribution in [0.1, 0.15) is 27.2 Å². The Morgan fingerprint density at radius 3 is 2.97 bits per heavy atom. The molecule has 0 spiro atoms. The second kappa shape index (κ2) is 9.79. The highest BCUT2D eigenvalue weighted by Crippen LogP contribution is 2.39. The highest BCUT2D eigenvalue weighted by Gasteiger charge is 2.48. The maximum atomic E-state index is 12.1. The minimum Gasteiger partial charge on any atom is -0.432 e. The summed E-state index contributed by atoms with van der Waals surface area (Å²) in [6.45, 7) is 4.50. The lowest BCUT2D eigenvalue weighted by Crippen LogP contribution is -2.47. The minimum absolute atomic E-state index is 0.00247. The van der Waals surface area contributed by atoms with Crippen LogP contribution in [0.25, 0.3) is 11.5 Å². The second-order valence-corrected chi connectivity index (χ2v) is 9.08. The predicted octanol–water partition coefficient (Wildman–Crippen LogP) is 0.0143. The van der Waals surface area contributed by atoms with Gasteiger partial charge in [-0.25, -0.2) is 9.78 Å². The van der Waals surface area contributed by atoms with Gasteiger partial charge in [-0.2, -0.15) is 0 Å². The van der Waals surface area contributed by atoms with Gasteiger partial charge < -0.3 is 29.4 Å². The van der Waals surface area contributed by atoms with E-state index in [9.17, 15) is 9.59 Å². The Hall–Kier alpha value is -2.12. The Labute approximate surface area is 188 Å². The number of nitrogens with one attached hydrogen (secondary N) is 1. The molecule has 0 saturated carbocycles. The van der Waals surface area contributed by atoms with E-state index in [0.717, 1.165) is 0 Å². The van der Waals surface area contributed by atoms with Gasteiger partial charge in [0.1, 0.15) is 0 Å². The Balaban J connectivity index is 1.39. The van der Waals surface area contributed by atoms with Gasteiger partial charge in [0.05, 0.1) is 46.8 Å². The van der Waals surface area contributed by atoms with E-state index in [1.807, 2.05) is 13.0 Å². The Kier molecular flexibility index (Phi) is 7.05. The topological polar surface area (TPSA) is 144 Å². The molecule has 0 amide bonds. The molecule has 2 saturated heterocycles. The first-order chi connectivity index (χ1) is 15.3. The molecule has 12 heteroatoms. The molecule has 0 aromatic carbocycles. The van der Waals surface area contributed by atoms with Crippen LogP contribution in [-0.4, -0.2) is 65.7 Å². The summed E-state index contributed by atoms with van der Waals surface area (Å²) in [7, 11) is 0. The number of nitrogen functional groups attached to an aromatic ring is 1. The normalized spacial score (nSPS) is 31.6. The second-order valence-electron chi connectivity index (χ2n) is 8.03. The molecule has 0 bridgehead atoms. The quantitative estimate of drug-likeness (QED) is 0.444. The number of carbonyl (C=O) groups is 1. The first kappa shape index (κ1) is 23.1. The van der Waals surface area contributed by atoms with Crippen molar-refractivity contribution in [2.24, 2.45) is 5.92 Å². The summed E-state index contributed by atoms with van der Waals surface area (Å²) in [5.74, 6) is 0.0808. The summed E-state index contributed by atoms with van der Waals surface area (Å²) < 4.78 is 33.1. The van der Waals surface area contributed by atoms with Crippen molar-refractivity contribution in [3.05, 3.63) is 20.9 Å². The number of carbonyl (C=O) groups excluding carboxylic acids is 1. The van der Waals surface area contributed by atoms with E-state index >= 15 is 0 Å². The van der Waals surface area contributed by atoms with Crippen molar-refractivity contribution < 1.29 is 33.2 Å². The summed E-state index contributed by atoms with van der Waals surface area (Å²) in [5, 5.41) is 2.78. The van der Waals surface area contributed by atoms with Crippen molar-refractivity contribution in [2.45, 2.75) is 63.3 Å². The lowest BCUT2D eigenvalue weighted by molar-refractivity contribution is -0.317. The molecule has 3 aliphatic rings. The van der Waals surface area contributed by atoms with Gasteiger partial charge in [0.2, 0.25) is 12.7 Å². The van der Waals surface area contributed by atoms with Crippen LogP contribution < -0.4 is 21.9 Å². The fourth-order valence-electron chi connectivity index (χ4n) is 3.92. The highest BCUT2D eigenvalue weighted by atomic mass is 32.2. The van der Waals surface area contributed by atoms with Crippen LogP contribution in [0, 0.1) is 5.92 Å². The molecule has 3 aliphatic heterocycles. The van der Waals surface area contributed by atoms with E-state index in [1.54, 1.807) is 19.3 Å². The van der Waals surface area contributed by atoms with Crippen molar-refractivity contribution in [1.29, 1.82) is 0 Å². The van der Waals surface area contributed by atoms with Crippen LogP contribution in [0.15, 0.2) is 4.79 Å². The fourth-order valence-corrected chi connectivity index (χ4v) is 5.12. The number of fused-ring (bicyclic) bond motifs is 2. The SMILES string of the molecule is CC(C)OC(=O)OCOC1OCCC2OC(C3C=c4nc(N)[nH]c(=O)c4=CS3)C(C)C2O1. The highest BCUT2D eigenvalue weighted by molar-refractivity contribution is 8.07. The van der Waals surface area contributed by atoms with Gasteiger partial charge in [0, 0.05) is 5.92 Å². The number of anilines is 1. The molecule has 6 unspecified atom stereocenters. The molecular formula is C20H27N3O8S. The maximum absolute atomic E-state index is 12.1. The van der Waals surface area contributed by atoms with Gasteiger partial charge >= 0.3 is 6.16 Å². The molecule has 6 atom stereocenters. The number of aromatic nitrogens is 2. The zero-order valence-electron chi connectivity index (χ0n) is 18.0. The van der Waals surface area contributed by atoms with Gasteiger partial charge in [0.25, 0.3) is 12.0 Å². The number of thioether (sulfide) groups is 1. The van der Waals surface area contributed by atoms with Crippen molar-refractivity contribution in [3.8, 4) is 0 Å². The number of hydrogen-bond acceptors (Lipinski definition) is 11. The maximum Gasteiger partial charge on any atom is 0.510 e. The first-order valence-corrected chi connectivity index (χ1v) is 11.4. The number of hydrogen-bond donors (Lipinski definition) is 2. The van der Waals surface area contributed by atoms with E-state index in [-0.39, 0.29) is 53.9 Å². The average molecular weight is 470 g/mol. The fraction of sp³-hybridized carbons (Fsp3) is 0.650. The van der Waals surface area contributed by atoms with Crippen LogP contribution in [0.4, 0.5) is 10.7 Å². The summed E-state index contributed by atoms with van der Waals surface area (Å²) in [6, 6.07) is 0. The zero-order valence-corrected chi connectivity index (χ0v) is 18.8. The number of H-pyrrole nitrogens is 1. The third-order valence-electron chi connectivity index (χ3n) is 5.36. The molecule has 4 heterocycles. The molecule has 0 aliphatic carbocycles. The zero-order chi connectivity index (χ0) is 22.8. The van der Waals surface area contributed by atoms with Crippen LogP contribution in [0.5, 0.6) is 0 Å². The summed E-state index contributed by atoms with van der Waals surface area (Å²) in [5.41, 5.74) is 5.43. The van der Waals surface area contributed by atoms with E-state index < -0.39 is 12.6 Å². The molecule has 176 valence electrons. The predicted molar refractivity (Wildman–Crippen MR) is 115 cm³/mol. The molecule has 2 fully saturated rings. The number of aromatic amines is 1. The molecule has 11 nitrogen and oxygen atoms in total. The first-order valence-electron chi connectivity index (χ1n) is 10.4. The lowest BCUT2D eigenvalue weighted by Gasteiger charge is -2.26. The Bertz CT molecular complexity index is 1020. The molecule has 0 radical (unpaired) electrons. The molecule has 1 aromatic rings. The van der Waals surface area contributed by atoms with Gasteiger partial charge in [0.15, 0.2) is 0 Å². The Morgan fingerprint density at radius 1 is 1.38 bits per heavy atom. The average Bonchev–Trinajstić information content (AvgIpc) is 2.89. The largest absolute Gasteiger partial charge is 0.510 e. The van der Waals surface area contributed by atoms with Crippen molar-refractivity contribution in [1.82, 2.24) is 9.97 Å². The van der Waals surface area contributed by atoms with Gasteiger partial charge in [-0.1, -0.05) is 6.92 Å². The summed E-state index contributed by atoms with van der Waals surface area (Å²) in [6.07, 6.45) is 0.814. The van der Waals surface area contributed by atoms with Crippen molar-refractivity contribution in [2.75, 3.05) is 19.1 Å². The van der Waals surface area contributed by atoms with E-state index in [2.05, 4.69) is 9.97 Å². The summed E-state index contributed by atoms with van der Waals surface area (Å²) in [4.78, 5) is 30.3. The summed E-state index contributed by atoms with van der Waals surface area (Å²) >= 11 is 1.50. The van der Waals surface area contributed by atoms with Crippen LogP contribution >= 0.6 is 11.8 Å². The third kappa shape index (κ3) is 5.09. The van der Waals surface area contributed by atoms with E-state index in [0.29, 0.717) is 23.6 Å². The molecule has 3 N–H and O–H groups in total. The monoisotopic (exact) mass is 469 g/mol. The van der Waals surface area contributed by atoms with Gasteiger partial charge in [-0.3, -0.25) is 14.5 Å². The minimum atomic E-state index is -0.989. The van der Waals surface area contributed by atoms with Gasteiger partial charge in [-0.05, 0) is 31.8 Å². The molecule has 4 rings (SSSR count). The molecule has 32 heavy (non-hydrogen) atoms. The number of rotatable bonds is 5. The molecular weight excluding hydrogens is 442 g/mol.